The maximum Gasteiger partial charge on any atom is 0.230 e. The zero-order valence-electron chi connectivity index (χ0n) is 16.6. The Morgan fingerprint density at radius 2 is 2.14 bits per heavy atom. The number of carbonyl (C=O) groups excluding carboxylic acids is 1. The van der Waals surface area contributed by atoms with Crippen LogP contribution in [-0.2, 0) is 22.5 Å². The van der Waals surface area contributed by atoms with E-state index in [2.05, 4.69) is 25.6 Å². The molecule has 152 valence electrons. The molecular weight excluding hydrogens is 360 g/mol. The second-order valence-electron chi connectivity index (χ2n) is 7.97. The zero-order chi connectivity index (χ0) is 19.6. The van der Waals surface area contributed by atoms with Crippen LogP contribution in [0.1, 0.15) is 23.4 Å². The number of hydrogen-bond acceptors (Lipinski definition) is 7. The molecule has 0 aliphatic carbocycles. The molecule has 2 atom stereocenters. The lowest BCUT2D eigenvalue weighted by Crippen LogP contribution is -2.47. The first-order valence-corrected chi connectivity index (χ1v) is 9.91. The molecule has 2 fully saturated rings. The summed E-state index contributed by atoms with van der Waals surface area (Å²) in [5.41, 5.74) is 1.66. The molecule has 1 unspecified atom stereocenters. The van der Waals surface area contributed by atoms with E-state index >= 15 is 0 Å². The fourth-order valence-electron chi connectivity index (χ4n) is 4.43. The predicted molar refractivity (Wildman–Crippen MR) is 101 cm³/mol. The van der Waals surface area contributed by atoms with E-state index in [1.807, 2.05) is 18.4 Å². The van der Waals surface area contributed by atoms with Gasteiger partial charge >= 0.3 is 0 Å². The molecule has 0 saturated carbocycles. The molecule has 9 heteroatoms. The zero-order valence-corrected chi connectivity index (χ0v) is 16.6. The van der Waals surface area contributed by atoms with Crippen LogP contribution >= 0.6 is 0 Å². The minimum Gasteiger partial charge on any atom is -0.380 e. The Morgan fingerprint density at radius 1 is 1.32 bits per heavy atom. The van der Waals surface area contributed by atoms with Crippen LogP contribution < -0.4 is 5.32 Å². The number of nitrogens with zero attached hydrogens (tertiary/aromatic N) is 5. The van der Waals surface area contributed by atoms with E-state index in [9.17, 15) is 4.79 Å². The van der Waals surface area contributed by atoms with Crippen LogP contribution in [0.15, 0.2) is 17.2 Å². The first kappa shape index (κ1) is 19.1. The molecule has 0 radical (unpaired) electrons. The number of aromatic nitrogens is 4. The Kier molecular flexibility index (Phi) is 5.45. The number of ether oxygens (including phenoxy) is 1. The second-order valence-corrected chi connectivity index (χ2v) is 7.97. The van der Waals surface area contributed by atoms with E-state index in [0.717, 1.165) is 56.0 Å². The van der Waals surface area contributed by atoms with Gasteiger partial charge in [-0.3, -0.25) is 9.69 Å². The molecule has 4 rings (SSSR count). The number of nitrogens with one attached hydrogen (secondary N) is 1. The average Bonchev–Trinajstić information content (AvgIpc) is 3.43. The van der Waals surface area contributed by atoms with Crippen molar-refractivity contribution in [1.82, 2.24) is 30.1 Å². The highest BCUT2D eigenvalue weighted by atomic mass is 16.5. The molecule has 9 nitrogen and oxygen atoms in total. The number of hydrogen-bond donors (Lipinski definition) is 1. The van der Waals surface area contributed by atoms with Crippen LogP contribution in [0.25, 0.3) is 0 Å². The van der Waals surface area contributed by atoms with Crippen molar-refractivity contribution in [3.63, 3.8) is 0 Å². The Labute approximate surface area is 164 Å². The SMILES string of the molecule is Cc1noc(C)c1CCCNC(=O)[C@]12COCC1CN(CCn1cnnc1)C2. The van der Waals surface area contributed by atoms with E-state index < -0.39 is 5.41 Å². The van der Waals surface area contributed by atoms with Gasteiger partial charge in [0.25, 0.3) is 0 Å². The molecule has 1 N–H and O–H groups in total. The Hall–Kier alpha value is -2.26. The van der Waals surface area contributed by atoms with Crippen molar-refractivity contribution in [2.75, 3.05) is 39.4 Å². The summed E-state index contributed by atoms with van der Waals surface area (Å²) in [4.78, 5) is 15.4. The second kappa shape index (κ2) is 8.00. The van der Waals surface area contributed by atoms with E-state index in [1.165, 1.54) is 0 Å². The van der Waals surface area contributed by atoms with Gasteiger partial charge in [0, 0.05) is 44.2 Å². The summed E-state index contributed by atoms with van der Waals surface area (Å²) in [5.74, 6) is 1.25. The number of carbonyl (C=O) groups is 1. The Bertz CT molecular complexity index is 785. The maximum atomic E-state index is 13.0. The molecule has 2 aromatic heterocycles. The monoisotopic (exact) mass is 388 g/mol. The van der Waals surface area contributed by atoms with Crippen LogP contribution in [0.3, 0.4) is 0 Å². The van der Waals surface area contributed by atoms with Crippen LogP contribution in [-0.4, -0.2) is 70.1 Å². The summed E-state index contributed by atoms with van der Waals surface area (Å²) >= 11 is 0. The number of amides is 1. The standard InChI is InChI=1S/C19H28N6O3/c1-14-17(15(2)28-23-14)4-3-5-20-18(26)19-10-24(8-16(19)9-27-11-19)6-7-25-12-21-22-13-25/h12-13,16H,3-11H2,1-2H3,(H,20,26)/t16?,19-/m1/s1. The molecule has 0 aromatic carbocycles. The molecule has 1 amide bonds. The molecule has 28 heavy (non-hydrogen) atoms. The normalized spacial score (nSPS) is 24.6. The quantitative estimate of drug-likeness (QED) is 0.661. The molecule has 0 spiro atoms. The highest BCUT2D eigenvalue weighted by Crippen LogP contribution is 2.41. The first-order valence-electron chi connectivity index (χ1n) is 9.91. The lowest BCUT2D eigenvalue weighted by molar-refractivity contribution is -0.131. The minimum absolute atomic E-state index is 0.126. The third-order valence-electron chi connectivity index (χ3n) is 6.11. The molecule has 0 bridgehead atoms. The van der Waals surface area contributed by atoms with Crippen LogP contribution in [0.4, 0.5) is 0 Å². The summed E-state index contributed by atoms with van der Waals surface area (Å²) in [5, 5.41) is 14.8. The number of aryl methyl sites for hydroxylation is 2. The lowest BCUT2D eigenvalue weighted by atomic mass is 9.80. The van der Waals surface area contributed by atoms with Gasteiger partial charge in [-0.1, -0.05) is 5.16 Å². The molecule has 2 saturated heterocycles. The summed E-state index contributed by atoms with van der Waals surface area (Å²) < 4.78 is 12.9. The molecular formula is C19H28N6O3. The van der Waals surface area contributed by atoms with Gasteiger partial charge in [0.2, 0.25) is 5.91 Å². The van der Waals surface area contributed by atoms with Gasteiger partial charge in [0.1, 0.15) is 18.4 Å². The third-order valence-corrected chi connectivity index (χ3v) is 6.11. The van der Waals surface area contributed by atoms with Gasteiger partial charge in [-0.15, -0.1) is 10.2 Å². The van der Waals surface area contributed by atoms with Gasteiger partial charge < -0.3 is 19.1 Å². The topological polar surface area (TPSA) is 98.3 Å². The summed E-state index contributed by atoms with van der Waals surface area (Å²) in [6.45, 7) is 9.07. The van der Waals surface area contributed by atoms with Crippen molar-refractivity contribution < 1.29 is 14.1 Å². The molecule has 2 aliphatic rings. The van der Waals surface area contributed by atoms with Crippen LogP contribution in [0.2, 0.25) is 0 Å². The number of fused-ring (bicyclic) bond motifs is 1. The van der Waals surface area contributed by atoms with Crippen molar-refractivity contribution in [2.24, 2.45) is 11.3 Å². The van der Waals surface area contributed by atoms with Crippen LogP contribution in [0.5, 0.6) is 0 Å². The van der Waals surface area contributed by atoms with Gasteiger partial charge in [-0.25, -0.2) is 0 Å². The summed E-state index contributed by atoms with van der Waals surface area (Å²) in [7, 11) is 0. The van der Waals surface area contributed by atoms with E-state index in [0.29, 0.717) is 19.8 Å². The van der Waals surface area contributed by atoms with Crippen molar-refractivity contribution >= 4 is 5.91 Å². The van der Waals surface area contributed by atoms with Crippen molar-refractivity contribution in [1.29, 1.82) is 0 Å². The fourth-order valence-corrected chi connectivity index (χ4v) is 4.43. The molecule has 4 heterocycles. The number of likely N-dealkylation sites (tertiary alicyclic amines) is 1. The summed E-state index contributed by atoms with van der Waals surface area (Å²) in [6, 6.07) is 0. The average molecular weight is 388 g/mol. The van der Waals surface area contributed by atoms with E-state index in [1.54, 1.807) is 12.7 Å². The van der Waals surface area contributed by atoms with Crippen molar-refractivity contribution in [2.45, 2.75) is 33.2 Å². The van der Waals surface area contributed by atoms with Gasteiger partial charge in [-0.2, -0.15) is 0 Å². The lowest BCUT2D eigenvalue weighted by Gasteiger charge is -2.26. The fraction of sp³-hybridized carbons (Fsp3) is 0.684. The van der Waals surface area contributed by atoms with E-state index in [4.69, 9.17) is 9.26 Å². The Balaban J connectivity index is 1.28. The van der Waals surface area contributed by atoms with Gasteiger partial charge in [0.05, 0.1) is 24.3 Å². The molecule has 2 aliphatic heterocycles. The Morgan fingerprint density at radius 3 is 2.89 bits per heavy atom. The number of rotatable bonds is 8. The van der Waals surface area contributed by atoms with Gasteiger partial charge in [0.15, 0.2) is 0 Å². The largest absolute Gasteiger partial charge is 0.380 e. The highest BCUT2D eigenvalue weighted by Gasteiger charge is 2.55. The smallest absolute Gasteiger partial charge is 0.230 e. The van der Waals surface area contributed by atoms with Crippen molar-refractivity contribution in [3.05, 3.63) is 29.7 Å². The maximum absolute atomic E-state index is 13.0. The van der Waals surface area contributed by atoms with Crippen LogP contribution in [0, 0.1) is 25.2 Å². The summed E-state index contributed by atoms with van der Waals surface area (Å²) in [6.07, 6.45) is 5.18. The van der Waals surface area contributed by atoms with Gasteiger partial charge in [-0.05, 0) is 26.7 Å². The first-order chi connectivity index (χ1) is 13.6. The van der Waals surface area contributed by atoms with Crippen molar-refractivity contribution in [3.8, 4) is 0 Å². The molecule has 2 aromatic rings. The minimum atomic E-state index is -0.420. The third kappa shape index (κ3) is 3.68. The predicted octanol–water partition coefficient (Wildman–Crippen LogP) is 0.580. The van der Waals surface area contributed by atoms with E-state index in [-0.39, 0.29) is 11.8 Å². The highest BCUT2D eigenvalue weighted by molar-refractivity contribution is 5.84.